The second-order valence-electron chi connectivity index (χ2n) is 1.24. The Morgan fingerprint density at radius 2 is 2.33 bits per heavy atom. The van der Waals surface area contributed by atoms with Gasteiger partial charge in [-0.2, -0.15) is 0 Å². The molecular weight excluding hydrogens is 77.9 g/mol. The van der Waals surface area contributed by atoms with E-state index in [2.05, 4.69) is 0 Å². The topological polar surface area (TPSA) is 0 Å². The van der Waals surface area contributed by atoms with Crippen molar-refractivity contribution in [3.63, 3.8) is 0 Å². The van der Waals surface area contributed by atoms with Crippen molar-refractivity contribution in [2.45, 2.75) is 25.8 Å². The highest BCUT2D eigenvalue weighted by atomic mass is 19.1. The van der Waals surface area contributed by atoms with Crippen LogP contribution in [0.15, 0.2) is 0 Å². The summed E-state index contributed by atoms with van der Waals surface area (Å²) in [6, 6.07) is 0. The lowest BCUT2D eigenvalue weighted by molar-refractivity contribution is 0.353. The Morgan fingerprint density at radius 1 is 1.83 bits per heavy atom. The van der Waals surface area contributed by atoms with E-state index in [1.165, 1.54) is 0 Å². The minimum Gasteiger partial charge on any atom is -0.248 e. The largest absolute Gasteiger partial charge is 0.248 e. The summed E-state index contributed by atoms with van der Waals surface area (Å²) in [5, 5.41) is 0. The maximum atomic E-state index is 11.7. The molecule has 0 amide bonds. The van der Waals surface area contributed by atoms with Crippen LogP contribution in [-0.4, -0.2) is 14.0 Å². The fraction of sp³-hybridized carbons (Fsp3) is 1.00. The van der Waals surface area contributed by atoms with Gasteiger partial charge in [-0.3, -0.25) is 0 Å². The van der Waals surface area contributed by atoms with Gasteiger partial charge in [0.25, 0.3) is 0 Å². The Labute approximate surface area is 39.2 Å². The Kier molecular flexibility index (Phi) is 3.19. The van der Waals surface area contributed by atoms with E-state index in [4.69, 9.17) is 7.85 Å². The van der Waals surface area contributed by atoms with Gasteiger partial charge >= 0.3 is 0 Å². The lowest BCUT2D eigenvalue weighted by Crippen LogP contribution is -1.93. The molecule has 2 heteroatoms. The summed E-state index contributed by atoms with van der Waals surface area (Å²) in [6.45, 7) is 1.78. The quantitative estimate of drug-likeness (QED) is 0.444. The van der Waals surface area contributed by atoms with Crippen molar-refractivity contribution >= 4 is 7.85 Å². The van der Waals surface area contributed by atoms with Crippen LogP contribution in [0.4, 0.5) is 4.39 Å². The van der Waals surface area contributed by atoms with Crippen molar-refractivity contribution in [2.24, 2.45) is 0 Å². The first-order chi connectivity index (χ1) is 2.81. The predicted molar refractivity (Wildman–Crippen MR) is 25.7 cm³/mol. The summed E-state index contributed by atoms with van der Waals surface area (Å²) in [5.41, 5.74) is 0. The summed E-state index contributed by atoms with van der Waals surface area (Å²) in [4.78, 5) is 0. The highest BCUT2D eigenvalue weighted by Crippen LogP contribution is 1.97. The van der Waals surface area contributed by atoms with E-state index in [9.17, 15) is 4.39 Å². The molecule has 6 heavy (non-hydrogen) atoms. The molecule has 0 aliphatic rings. The molecule has 0 N–H and O–H groups in total. The average molecular weight is 85.9 g/mol. The van der Waals surface area contributed by atoms with Crippen LogP contribution in [-0.2, 0) is 0 Å². The van der Waals surface area contributed by atoms with Gasteiger partial charge in [0.15, 0.2) is 0 Å². The molecule has 0 aliphatic heterocycles. The van der Waals surface area contributed by atoms with Gasteiger partial charge in [-0.15, -0.1) is 0 Å². The Balaban J connectivity index is 2.75. The molecule has 0 saturated heterocycles. The van der Waals surface area contributed by atoms with Gasteiger partial charge in [0.1, 0.15) is 0 Å². The third-order valence-electron chi connectivity index (χ3n) is 0.699. The van der Waals surface area contributed by atoms with E-state index in [0.717, 1.165) is 0 Å². The van der Waals surface area contributed by atoms with E-state index in [-0.39, 0.29) is 6.32 Å². The van der Waals surface area contributed by atoms with Crippen LogP contribution in [0.2, 0.25) is 6.32 Å². The summed E-state index contributed by atoms with van der Waals surface area (Å²) in [7, 11) is 4.91. The standard InChI is InChI=1S/C4H8BF/c1-2-4(6)3-5/h4H,2-3H2,1H3. The fourth-order valence-corrected chi connectivity index (χ4v) is 0.167. The lowest BCUT2D eigenvalue weighted by Gasteiger charge is -1.94. The molecular formula is C4H8BF. The third-order valence-corrected chi connectivity index (χ3v) is 0.699. The minimum absolute atomic E-state index is 0.163. The molecule has 0 nitrogen and oxygen atoms in total. The predicted octanol–water partition coefficient (Wildman–Crippen LogP) is 1.32. The molecule has 1 unspecified atom stereocenters. The molecule has 0 spiro atoms. The van der Waals surface area contributed by atoms with Gasteiger partial charge in [-0.05, 0) is 6.42 Å². The van der Waals surface area contributed by atoms with Gasteiger partial charge in [-0.25, -0.2) is 4.39 Å². The van der Waals surface area contributed by atoms with Gasteiger partial charge in [-0.1, -0.05) is 13.2 Å². The van der Waals surface area contributed by atoms with Crippen molar-refractivity contribution < 1.29 is 4.39 Å². The molecule has 2 radical (unpaired) electrons. The van der Waals surface area contributed by atoms with Crippen molar-refractivity contribution in [1.29, 1.82) is 0 Å². The zero-order valence-corrected chi connectivity index (χ0v) is 3.95. The number of halogens is 1. The molecule has 0 aromatic heterocycles. The number of alkyl halides is 1. The number of rotatable bonds is 2. The molecule has 0 fully saturated rings. The molecule has 1 atom stereocenters. The second kappa shape index (κ2) is 3.20. The van der Waals surface area contributed by atoms with Crippen molar-refractivity contribution in [3.05, 3.63) is 0 Å². The summed E-state index contributed by atoms with van der Waals surface area (Å²) in [5.74, 6) is 0. The zero-order valence-electron chi connectivity index (χ0n) is 3.95. The Morgan fingerprint density at radius 3 is 2.33 bits per heavy atom. The van der Waals surface area contributed by atoms with Crippen LogP contribution < -0.4 is 0 Å². The van der Waals surface area contributed by atoms with Crippen LogP contribution >= 0.6 is 0 Å². The van der Waals surface area contributed by atoms with Crippen molar-refractivity contribution in [2.75, 3.05) is 0 Å². The minimum atomic E-state index is -0.787. The van der Waals surface area contributed by atoms with Crippen LogP contribution in [0.5, 0.6) is 0 Å². The maximum Gasteiger partial charge on any atom is 0.0922 e. The van der Waals surface area contributed by atoms with Crippen LogP contribution in [0.3, 0.4) is 0 Å². The smallest absolute Gasteiger partial charge is 0.0922 e. The van der Waals surface area contributed by atoms with Crippen molar-refractivity contribution in [3.8, 4) is 0 Å². The number of hydrogen-bond acceptors (Lipinski definition) is 0. The summed E-state index contributed by atoms with van der Waals surface area (Å²) in [6.07, 6.45) is -0.0856. The second-order valence-corrected chi connectivity index (χ2v) is 1.24. The van der Waals surface area contributed by atoms with E-state index >= 15 is 0 Å². The SMILES string of the molecule is [B]CC(F)CC. The highest BCUT2D eigenvalue weighted by molar-refractivity contribution is 6.08. The average Bonchev–Trinajstić information content (AvgIpc) is 1.65. The Bertz CT molecular complexity index is 26.7. The summed E-state index contributed by atoms with van der Waals surface area (Å²) < 4.78 is 11.7. The summed E-state index contributed by atoms with van der Waals surface area (Å²) >= 11 is 0. The molecule has 0 aromatic carbocycles. The molecule has 34 valence electrons. The molecule has 0 saturated carbocycles. The van der Waals surface area contributed by atoms with Crippen LogP contribution in [0, 0.1) is 0 Å². The van der Waals surface area contributed by atoms with Gasteiger partial charge in [0.05, 0.1) is 14.0 Å². The van der Waals surface area contributed by atoms with Crippen LogP contribution in [0.1, 0.15) is 13.3 Å². The van der Waals surface area contributed by atoms with Gasteiger partial charge in [0, 0.05) is 0 Å². The third kappa shape index (κ3) is 2.25. The molecule has 0 aliphatic carbocycles. The Hall–Kier alpha value is -0.00506. The monoisotopic (exact) mass is 86.1 g/mol. The molecule has 0 heterocycles. The van der Waals surface area contributed by atoms with Gasteiger partial charge < -0.3 is 0 Å². The fourth-order valence-electron chi connectivity index (χ4n) is 0.167. The zero-order chi connectivity index (χ0) is 4.99. The van der Waals surface area contributed by atoms with E-state index in [1.54, 1.807) is 6.92 Å². The van der Waals surface area contributed by atoms with E-state index in [0.29, 0.717) is 6.42 Å². The first-order valence-corrected chi connectivity index (χ1v) is 2.15. The van der Waals surface area contributed by atoms with Crippen LogP contribution in [0.25, 0.3) is 0 Å². The molecule has 0 rings (SSSR count). The maximum absolute atomic E-state index is 11.7. The van der Waals surface area contributed by atoms with Crippen molar-refractivity contribution in [1.82, 2.24) is 0 Å². The first kappa shape index (κ1) is 5.99. The molecule has 0 bridgehead atoms. The highest BCUT2D eigenvalue weighted by Gasteiger charge is 1.93. The van der Waals surface area contributed by atoms with Gasteiger partial charge in [0.2, 0.25) is 0 Å². The van der Waals surface area contributed by atoms with E-state index < -0.39 is 6.17 Å². The first-order valence-electron chi connectivity index (χ1n) is 2.15. The lowest BCUT2D eigenvalue weighted by atomic mass is 9.99. The number of hydrogen-bond donors (Lipinski definition) is 0. The molecule has 0 aromatic rings. The normalized spacial score (nSPS) is 14.3. The van der Waals surface area contributed by atoms with E-state index in [1.807, 2.05) is 0 Å².